The van der Waals surface area contributed by atoms with Crippen LogP contribution in [0.5, 0.6) is 0 Å². The summed E-state index contributed by atoms with van der Waals surface area (Å²) in [5.41, 5.74) is 3.99. The van der Waals surface area contributed by atoms with Crippen LogP contribution >= 0.6 is 15.3 Å². The van der Waals surface area contributed by atoms with Crippen LogP contribution in [0.4, 0.5) is 0 Å². The molecule has 0 nitrogen and oxygen atoms in total. The fourth-order valence-electron chi connectivity index (χ4n) is 1.08. The molecule has 0 aromatic heterocycles. The van der Waals surface area contributed by atoms with E-state index in [0.29, 0.717) is 0 Å². The highest BCUT2D eigenvalue weighted by atomic mass is 79.9. The first-order valence-electron chi connectivity index (χ1n) is 4.74. The minimum atomic E-state index is -0.920. The Kier molecular flexibility index (Phi) is 6.50. The van der Waals surface area contributed by atoms with Crippen molar-refractivity contribution in [2.75, 3.05) is 0 Å². The van der Waals surface area contributed by atoms with Crippen LogP contribution in [0.1, 0.15) is 20.3 Å². The molecule has 0 atom stereocenters. The van der Waals surface area contributed by atoms with E-state index in [4.69, 9.17) is 0 Å². The molecule has 0 aliphatic heterocycles. The predicted octanol–water partition coefficient (Wildman–Crippen LogP) is 3.49. The largest absolute Gasteiger partial charge is 0.127 e. The second-order valence-corrected chi connectivity index (χ2v) is 16.3. The topological polar surface area (TPSA) is 0 Å². The third-order valence-electron chi connectivity index (χ3n) is 1.78. The number of hydrogen-bond acceptors (Lipinski definition) is 0. The summed E-state index contributed by atoms with van der Waals surface area (Å²) in [7, 11) is 0.134. The van der Waals surface area contributed by atoms with E-state index in [1.54, 1.807) is 0 Å². The first-order chi connectivity index (χ1) is 5.42. The number of allylic oxidation sites excluding steroid dienone is 1. The van der Waals surface area contributed by atoms with Gasteiger partial charge in [-0.25, -0.2) is 0 Å². The number of hydrogen-bond donors (Lipinski definition) is 0. The van der Waals surface area contributed by atoms with E-state index in [1.165, 1.54) is 24.1 Å². The van der Waals surface area contributed by atoms with Gasteiger partial charge in [0.2, 0.25) is 0 Å². The molecule has 0 rings (SSSR count). The van der Waals surface area contributed by atoms with Crippen molar-refractivity contribution in [2.45, 2.75) is 45.5 Å². The van der Waals surface area contributed by atoms with Gasteiger partial charge in [-0.2, -0.15) is 0 Å². The lowest BCUT2D eigenvalue weighted by atomic mass is 10.4. The monoisotopic (exact) mass is 264 g/mol. The molecular weight excluding hydrogens is 244 g/mol. The summed E-state index contributed by atoms with van der Waals surface area (Å²) in [4.78, 5) is 0. The Hall–Kier alpha value is 0.654. The van der Waals surface area contributed by atoms with Gasteiger partial charge in [-0.1, -0.05) is 31.1 Å². The van der Waals surface area contributed by atoms with Crippen LogP contribution in [0.3, 0.4) is 0 Å². The summed E-state index contributed by atoms with van der Waals surface area (Å²) in [6, 6.07) is 2.93. The lowest BCUT2D eigenvalue weighted by Gasteiger charge is -2.11. The molecule has 0 radical (unpaired) electrons. The fourth-order valence-corrected chi connectivity index (χ4v) is 4.83. The molecule has 0 aliphatic carbocycles. The van der Waals surface area contributed by atoms with Crippen molar-refractivity contribution >= 4 is 31.5 Å². The predicted molar refractivity (Wildman–Crippen MR) is 68.6 cm³/mol. The van der Waals surface area contributed by atoms with Crippen LogP contribution in [0.2, 0.25) is 25.2 Å². The van der Waals surface area contributed by atoms with Crippen molar-refractivity contribution in [3.05, 3.63) is 11.3 Å². The lowest BCUT2D eigenvalue weighted by Crippen LogP contribution is -2.14. The molecule has 0 aromatic carbocycles. The highest BCUT2D eigenvalue weighted by Gasteiger charge is 2.14. The zero-order valence-electron chi connectivity index (χ0n) is 8.78. The maximum absolute atomic E-state index is 3.80. The Bertz CT molecular complexity index is 143. The fraction of sp³-hybridized carbons (Fsp3) is 0.778. The van der Waals surface area contributed by atoms with E-state index in [2.05, 4.69) is 47.9 Å². The minimum Gasteiger partial charge on any atom is -0.127 e. The van der Waals surface area contributed by atoms with Gasteiger partial charge in [0.15, 0.2) is 0 Å². The van der Waals surface area contributed by atoms with E-state index >= 15 is 0 Å². The highest BCUT2D eigenvalue weighted by Crippen LogP contribution is 2.19. The molecule has 0 heterocycles. The summed E-state index contributed by atoms with van der Waals surface area (Å²) in [6.45, 7) is 8.26. The molecule has 0 bridgehead atoms. The van der Waals surface area contributed by atoms with Crippen molar-refractivity contribution in [3.63, 3.8) is 0 Å². The van der Waals surface area contributed by atoms with Gasteiger partial charge in [-0.05, 0) is 19.9 Å². The Morgan fingerprint density at radius 1 is 1.42 bits per heavy atom. The molecule has 0 spiro atoms. The Morgan fingerprint density at radius 3 is 2.42 bits per heavy atom. The van der Waals surface area contributed by atoms with Crippen molar-refractivity contribution in [3.8, 4) is 0 Å². The maximum Gasteiger partial charge on any atom is 0.124 e. The Morgan fingerprint density at radius 2 is 2.00 bits per heavy atom. The first kappa shape index (κ1) is 12.7. The molecule has 0 unspecified atom stereocenters. The van der Waals surface area contributed by atoms with Gasteiger partial charge in [0, 0.05) is 9.52 Å². The van der Waals surface area contributed by atoms with Gasteiger partial charge in [0.05, 0.1) is 0 Å². The quantitative estimate of drug-likeness (QED) is 0.405. The van der Waals surface area contributed by atoms with E-state index in [9.17, 15) is 0 Å². The average Bonchev–Trinajstić information content (AvgIpc) is 1.83. The van der Waals surface area contributed by atoms with Gasteiger partial charge in [0.25, 0.3) is 0 Å². The summed E-state index contributed by atoms with van der Waals surface area (Å²) in [5.74, 6) is 0. The molecule has 0 fully saturated rings. The van der Waals surface area contributed by atoms with Crippen molar-refractivity contribution in [2.24, 2.45) is 0 Å². The minimum absolute atomic E-state index is 0.134. The smallest absolute Gasteiger partial charge is 0.124 e. The Balaban J connectivity index is 3.29. The van der Waals surface area contributed by atoms with Crippen LogP contribution in [0.25, 0.3) is 0 Å². The summed E-state index contributed by atoms with van der Waals surface area (Å²) >= 11 is 3.80. The summed E-state index contributed by atoms with van der Waals surface area (Å²) in [6.07, 6.45) is 1.44. The third kappa shape index (κ3) is 10.7. The maximum atomic E-state index is 3.80. The van der Waals surface area contributed by atoms with Gasteiger partial charge >= 0.3 is 0 Å². The van der Waals surface area contributed by atoms with Crippen LogP contribution in [-0.2, 0) is 0 Å². The van der Waals surface area contributed by atoms with Crippen molar-refractivity contribution in [1.29, 1.82) is 0 Å². The van der Waals surface area contributed by atoms with Gasteiger partial charge in [0.1, 0.15) is 6.69 Å². The normalized spacial score (nSPS) is 12.4. The molecule has 0 aliphatic rings. The molecule has 0 saturated carbocycles. The Labute approximate surface area is 88.2 Å². The van der Waals surface area contributed by atoms with Crippen LogP contribution in [0, 0.1) is 0 Å². The standard InChI is InChI=1S/C9H21BrSi2/c1-9(2)8-11-6-5-7-12(3,4)10/h8H,5-7,11H2,1-4H3. The number of rotatable bonds is 5. The van der Waals surface area contributed by atoms with E-state index in [0.717, 1.165) is 0 Å². The molecule has 0 saturated heterocycles. The molecule has 0 aromatic rings. The van der Waals surface area contributed by atoms with Crippen LogP contribution in [-0.4, -0.2) is 16.2 Å². The van der Waals surface area contributed by atoms with Gasteiger partial charge < -0.3 is 0 Å². The SMILES string of the molecule is CC(C)=C[SiH2]CCC[Si](C)(C)Br. The molecule has 72 valence electrons. The van der Waals surface area contributed by atoms with E-state index in [1.807, 2.05) is 0 Å². The molecule has 3 heteroatoms. The van der Waals surface area contributed by atoms with Crippen LogP contribution in [0.15, 0.2) is 11.3 Å². The zero-order valence-corrected chi connectivity index (χ0v) is 12.8. The van der Waals surface area contributed by atoms with Gasteiger partial charge in [-0.15, -0.1) is 21.0 Å². The number of halogens is 1. The highest BCUT2D eigenvalue weighted by molar-refractivity contribution is 9.26. The average molecular weight is 265 g/mol. The van der Waals surface area contributed by atoms with E-state index < -0.39 is 6.69 Å². The second-order valence-electron chi connectivity index (χ2n) is 4.25. The lowest BCUT2D eigenvalue weighted by molar-refractivity contribution is 1.05. The van der Waals surface area contributed by atoms with Crippen molar-refractivity contribution in [1.82, 2.24) is 0 Å². The van der Waals surface area contributed by atoms with Crippen molar-refractivity contribution < 1.29 is 0 Å². The second kappa shape index (κ2) is 6.16. The van der Waals surface area contributed by atoms with Crippen LogP contribution < -0.4 is 0 Å². The molecular formula is C9H21BrSi2. The molecule has 0 N–H and O–H groups in total. The van der Waals surface area contributed by atoms with E-state index in [-0.39, 0.29) is 9.52 Å². The first-order valence-corrected chi connectivity index (χ1v) is 12.0. The summed E-state index contributed by atoms with van der Waals surface area (Å²) in [5, 5.41) is 0. The molecule has 0 amide bonds. The zero-order chi connectivity index (χ0) is 9.61. The summed E-state index contributed by atoms with van der Waals surface area (Å²) < 4.78 is 0. The van der Waals surface area contributed by atoms with Gasteiger partial charge in [-0.3, -0.25) is 0 Å². The third-order valence-corrected chi connectivity index (χ3v) is 6.52. The molecule has 12 heavy (non-hydrogen) atoms.